The van der Waals surface area contributed by atoms with Crippen LogP contribution in [0.2, 0.25) is 0 Å². The first-order valence-electron chi connectivity index (χ1n) is 14.3. The summed E-state index contributed by atoms with van der Waals surface area (Å²) < 4.78 is 24.5. The Morgan fingerprint density at radius 2 is 1.50 bits per heavy atom. The van der Waals surface area contributed by atoms with Crippen LogP contribution < -0.4 is 0 Å². The van der Waals surface area contributed by atoms with E-state index in [0.29, 0.717) is 31.1 Å². The van der Waals surface area contributed by atoms with Crippen molar-refractivity contribution in [2.75, 3.05) is 45.9 Å². The van der Waals surface area contributed by atoms with Crippen LogP contribution in [0.15, 0.2) is 102 Å². The van der Waals surface area contributed by atoms with Crippen molar-refractivity contribution in [3.8, 4) is 11.1 Å². The fourth-order valence-corrected chi connectivity index (χ4v) is 5.08. The van der Waals surface area contributed by atoms with Gasteiger partial charge in [0.1, 0.15) is 18.1 Å². The van der Waals surface area contributed by atoms with Crippen molar-refractivity contribution in [2.45, 2.75) is 19.5 Å². The molecule has 2 amide bonds. The zero-order valence-electron chi connectivity index (χ0n) is 23.7. The Morgan fingerprint density at radius 3 is 2.19 bits per heavy atom. The molecule has 8 heteroatoms. The maximum absolute atomic E-state index is 13.8. The van der Waals surface area contributed by atoms with E-state index in [1.54, 1.807) is 34.3 Å². The van der Waals surface area contributed by atoms with Gasteiger partial charge in [-0.1, -0.05) is 54.6 Å². The van der Waals surface area contributed by atoms with Crippen molar-refractivity contribution >= 4 is 11.8 Å². The maximum Gasteiger partial charge on any atom is 0.254 e. The number of hydrogen-bond donors (Lipinski definition) is 0. The van der Waals surface area contributed by atoms with Gasteiger partial charge >= 0.3 is 0 Å². The Bertz CT molecular complexity index is 1400. The zero-order chi connectivity index (χ0) is 29.1. The summed E-state index contributed by atoms with van der Waals surface area (Å²) in [4.78, 5) is 33.2. The number of carbonyl (C=O) groups excluding carboxylic acids is 2. The molecule has 42 heavy (non-hydrogen) atoms. The van der Waals surface area contributed by atoms with Gasteiger partial charge < -0.3 is 19.0 Å². The lowest BCUT2D eigenvalue weighted by Gasteiger charge is -2.30. The average molecular weight is 570 g/mol. The molecular weight excluding hydrogens is 533 g/mol. The number of benzene rings is 3. The predicted octanol–water partition coefficient (Wildman–Crippen LogP) is 5.48. The number of amides is 2. The molecule has 0 saturated carbocycles. The van der Waals surface area contributed by atoms with Crippen molar-refractivity contribution in [3.63, 3.8) is 0 Å². The highest BCUT2D eigenvalue weighted by molar-refractivity contribution is 5.97. The van der Waals surface area contributed by atoms with E-state index in [1.165, 1.54) is 12.1 Å². The van der Waals surface area contributed by atoms with E-state index in [1.807, 2.05) is 60.7 Å². The van der Waals surface area contributed by atoms with Crippen LogP contribution in [0.4, 0.5) is 4.39 Å². The summed E-state index contributed by atoms with van der Waals surface area (Å²) in [5, 5.41) is 0. The van der Waals surface area contributed by atoms with Gasteiger partial charge in [-0.3, -0.25) is 14.5 Å². The van der Waals surface area contributed by atoms with Crippen molar-refractivity contribution in [1.82, 2.24) is 14.7 Å². The molecular formula is C34H36FN3O4. The van der Waals surface area contributed by atoms with Crippen LogP contribution >= 0.6 is 0 Å². The van der Waals surface area contributed by atoms with Crippen LogP contribution in [0.25, 0.3) is 11.1 Å². The monoisotopic (exact) mass is 569 g/mol. The van der Waals surface area contributed by atoms with Crippen LogP contribution in [0.3, 0.4) is 0 Å². The summed E-state index contributed by atoms with van der Waals surface area (Å²) in [5.74, 6) is -0.105. The Labute approximate surface area is 246 Å². The minimum absolute atomic E-state index is 0.0791. The van der Waals surface area contributed by atoms with E-state index in [-0.39, 0.29) is 37.3 Å². The van der Waals surface area contributed by atoms with Crippen molar-refractivity contribution in [2.24, 2.45) is 0 Å². The van der Waals surface area contributed by atoms with E-state index in [4.69, 9.17) is 9.15 Å². The summed E-state index contributed by atoms with van der Waals surface area (Å²) in [6.45, 7) is 4.83. The summed E-state index contributed by atoms with van der Waals surface area (Å²) in [6, 6.07) is 27.2. The molecule has 0 N–H and O–H groups in total. The minimum Gasteiger partial charge on any atom is -0.467 e. The number of rotatable bonds is 12. The molecule has 1 aliphatic rings. The number of carbonyl (C=O) groups is 2. The van der Waals surface area contributed by atoms with Crippen molar-refractivity contribution < 1.29 is 23.1 Å². The normalized spacial score (nSPS) is 13.5. The summed E-state index contributed by atoms with van der Waals surface area (Å²) in [6.07, 6.45) is 2.30. The van der Waals surface area contributed by atoms with Gasteiger partial charge in [-0.05, 0) is 59.5 Å². The quantitative estimate of drug-likeness (QED) is 0.226. The zero-order valence-corrected chi connectivity index (χ0v) is 23.7. The largest absolute Gasteiger partial charge is 0.467 e. The molecule has 2 heterocycles. The van der Waals surface area contributed by atoms with Gasteiger partial charge in [-0.15, -0.1) is 0 Å². The molecule has 4 aromatic rings. The van der Waals surface area contributed by atoms with Crippen LogP contribution in [-0.4, -0.2) is 72.5 Å². The van der Waals surface area contributed by atoms with Crippen molar-refractivity contribution in [1.29, 1.82) is 0 Å². The minimum atomic E-state index is -0.335. The van der Waals surface area contributed by atoms with E-state index < -0.39 is 0 Å². The third-order valence-corrected chi connectivity index (χ3v) is 7.42. The summed E-state index contributed by atoms with van der Waals surface area (Å²) in [5.41, 5.74) is 3.41. The van der Waals surface area contributed by atoms with E-state index in [0.717, 1.165) is 42.7 Å². The SMILES string of the molecule is O=C(CN(CCCN1CCOCC1)C(=O)c1ccc(-c2ccccc2)cc1)N(Cc1ccc(F)cc1)Cc1ccco1. The Hall–Kier alpha value is -4.27. The maximum atomic E-state index is 13.8. The fraction of sp³-hybridized carbons (Fsp3) is 0.294. The van der Waals surface area contributed by atoms with Crippen LogP contribution in [0.5, 0.6) is 0 Å². The second kappa shape index (κ2) is 14.6. The second-order valence-electron chi connectivity index (χ2n) is 10.4. The molecule has 0 radical (unpaired) electrons. The van der Waals surface area contributed by atoms with Crippen LogP contribution in [0, 0.1) is 5.82 Å². The van der Waals surface area contributed by atoms with Gasteiger partial charge in [-0.2, -0.15) is 0 Å². The molecule has 0 unspecified atom stereocenters. The first-order chi connectivity index (χ1) is 20.5. The smallest absolute Gasteiger partial charge is 0.254 e. The number of nitrogens with zero attached hydrogens (tertiary/aromatic N) is 3. The second-order valence-corrected chi connectivity index (χ2v) is 10.4. The van der Waals surface area contributed by atoms with Crippen molar-refractivity contribution in [3.05, 3.63) is 120 Å². The molecule has 7 nitrogen and oxygen atoms in total. The molecule has 5 rings (SSSR count). The average Bonchev–Trinajstić information content (AvgIpc) is 3.55. The fourth-order valence-electron chi connectivity index (χ4n) is 5.08. The lowest BCUT2D eigenvalue weighted by Crippen LogP contribution is -2.44. The molecule has 0 atom stereocenters. The molecule has 1 aromatic heterocycles. The number of morpholine rings is 1. The molecule has 3 aromatic carbocycles. The number of furan rings is 1. The Morgan fingerprint density at radius 1 is 0.786 bits per heavy atom. The predicted molar refractivity (Wildman–Crippen MR) is 159 cm³/mol. The molecule has 0 aliphatic carbocycles. The highest BCUT2D eigenvalue weighted by Gasteiger charge is 2.24. The third kappa shape index (κ3) is 8.15. The van der Waals surface area contributed by atoms with Gasteiger partial charge in [0.2, 0.25) is 5.91 Å². The first kappa shape index (κ1) is 29.2. The lowest BCUT2D eigenvalue weighted by atomic mass is 10.0. The standard InChI is InChI=1S/C34H36FN3O4/c35-31-15-9-27(10-16-31)24-38(25-32-8-4-21-42-32)33(39)26-37(18-5-17-36-19-22-41-23-20-36)34(40)30-13-11-29(12-14-30)28-6-2-1-3-7-28/h1-4,6-16,21H,5,17-20,22-26H2. The summed E-state index contributed by atoms with van der Waals surface area (Å²) >= 11 is 0. The number of halogens is 1. The molecule has 1 fully saturated rings. The van der Waals surface area contributed by atoms with Gasteiger partial charge in [0.25, 0.3) is 5.91 Å². The van der Waals surface area contributed by atoms with Gasteiger partial charge in [0.05, 0.1) is 26.0 Å². The topological polar surface area (TPSA) is 66.2 Å². The molecule has 0 spiro atoms. The van der Waals surface area contributed by atoms with E-state index >= 15 is 0 Å². The third-order valence-electron chi connectivity index (χ3n) is 7.42. The molecule has 218 valence electrons. The lowest BCUT2D eigenvalue weighted by molar-refractivity contribution is -0.133. The molecule has 1 aliphatic heterocycles. The summed E-state index contributed by atoms with van der Waals surface area (Å²) in [7, 11) is 0. The van der Waals surface area contributed by atoms with Gasteiger partial charge in [0, 0.05) is 38.3 Å². The van der Waals surface area contributed by atoms with Gasteiger partial charge in [-0.25, -0.2) is 4.39 Å². The highest BCUT2D eigenvalue weighted by Crippen LogP contribution is 2.20. The number of ether oxygens (including phenoxy) is 1. The molecule has 0 bridgehead atoms. The highest BCUT2D eigenvalue weighted by atomic mass is 19.1. The van der Waals surface area contributed by atoms with E-state index in [2.05, 4.69) is 4.90 Å². The van der Waals surface area contributed by atoms with Gasteiger partial charge in [0.15, 0.2) is 0 Å². The Balaban J connectivity index is 1.32. The van der Waals surface area contributed by atoms with E-state index in [9.17, 15) is 14.0 Å². The number of hydrogen-bond acceptors (Lipinski definition) is 5. The van der Waals surface area contributed by atoms with Crippen LogP contribution in [-0.2, 0) is 22.6 Å². The van der Waals surface area contributed by atoms with Crippen LogP contribution in [0.1, 0.15) is 28.1 Å². The molecule has 1 saturated heterocycles. The first-order valence-corrected chi connectivity index (χ1v) is 14.3. The Kier molecular flexibility index (Phi) is 10.1.